The number of carbonyl (C=O) groups excluding carboxylic acids is 1. The summed E-state index contributed by atoms with van der Waals surface area (Å²) in [6.45, 7) is -0.293. The highest BCUT2D eigenvalue weighted by molar-refractivity contribution is 6.44. The van der Waals surface area contributed by atoms with Crippen molar-refractivity contribution in [2.45, 2.75) is 0 Å². The Hall–Kier alpha value is -1.79. The number of amides is 1. The van der Waals surface area contributed by atoms with Gasteiger partial charge in [0.05, 0.1) is 31.7 Å². The maximum atomic E-state index is 12.1. The maximum absolute atomic E-state index is 12.1. The molecule has 1 N–H and O–H groups in total. The summed E-state index contributed by atoms with van der Waals surface area (Å²) in [6, 6.07) is 8.11. The Morgan fingerprint density at radius 3 is 2.68 bits per heavy atom. The molecule has 0 bridgehead atoms. The Morgan fingerprint density at radius 1 is 1.08 bits per heavy atom. The summed E-state index contributed by atoms with van der Waals surface area (Å²) in [7, 11) is 0. The van der Waals surface area contributed by atoms with Crippen LogP contribution in [0, 0.1) is 0 Å². The molecule has 0 saturated heterocycles. The monoisotopic (exact) mass is 415 g/mol. The van der Waals surface area contributed by atoms with Gasteiger partial charge in [-0.1, -0.05) is 52.5 Å². The lowest BCUT2D eigenvalue weighted by atomic mass is 10.2. The molecular formula is C16H9Cl4N3O2. The Labute approximate surface area is 162 Å². The molecular weight excluding hydrogens is 408 g/mol. The molecule has 0 saturated carbocycles. The van der Waals surface area contributed by atoms with Gasteiger partial charge in [-0.2, -0.15) is 0 Å². The molecule has 0 fully saturated rings. The van der Waals surface area contributed by atoms with Crippen LogP contribution in [0.5, 0.6) is 5.88 Å². The van der Waals surface area contributed by atoms with Crippen LogP contribution in [0.1, 0.15) is 0 Å². The fraction of sp³-hybridized carbons (Fsp3) is 0.0625. The number of fused-ring (bicyclic) bond motifs is 1. The van der Waals surface area contributed by atoms with Gasteiger partial charge < -0.3 is 10.1 Å². The zero-order chi connectivity index (χ0) is 18.0. The quantitative estimate of drug-likeness (QED) is 0.629. The van der Waals surface area contributed by atoms with E-state index in [0.717, 1.165) is 0 Å². The molecule has 9 heteroatoms. The summed E-state index contributed by atoms with van der Waals surface area (Å²) in [6.07, 6.45) is 1.29. The SMILES string of the molecule is O=C(COc1ncnc2c(Cl)cc(Cl)cc12)Nc1cccc(Cl)c1Cl. The van der Waals surface area contributed by atoms with Gasteiger partial charge in [0.1, 0.15) is 6.33 Å². The van der Waals surface area contributed by atoms with E-state index >= 15 is 0 Å². The summed E-state index contributed by atoms with van der Waals surface area (Å²) in [5, 5.41) is 4.49. The molecule has 0 spiro atoms. The normalized spacial score (nSPS) is 10.7. The molecule has 1 heterocycles. The van der Waals surface area contributed by atoms with E-state index in [2.05, 4.69) is 15.3 Å². The van der Waals surface area contributed by atoms with E-state index in [1.165, 1.54) is 6.33 Å². The molecule has 0 aliphatic rings. The van der Waals surface area contributed by atoms with Gasteiger partial charge in [-0.05, 0) is 24.3 Å². The molecule has 25 heavy (non-hydrogen) atoms. The number of hydrogen-bond acceptors (Lipinski definition) is 4. The third-order valence-corrected chi connectivity index (χ3v) is 4.51. The minimum Gasteiger partial charge on any atom is -0.467 e. The number of nitrogens with zero attached hydrogens (tertiary/aromatic N) is 2. The van der Waals surface area contributed by atoms with Gasteiger partial charge in [-0.15, -0.1) is 0 Å². The van der Waals surface area contributed by atoms with Crippen molar-refractivity contribution in [1.82, 2.24) is 9.97 Å². The third-order valence-electron chi connectivity index (χ3n) is 3.19. The first-order chi connectivity index (χ1) is 12.0. The number of hydrogen-bond donors (Lipinski definition) is 1. The Kier molecular flexibility index (Phi) is 5.49. The first-order valence-corrected chi connectivity index (χ1v) is 8.43. The number of rotatable bonds is 4. The summed E-state index contributed by atoms with van der Waals surface area (Å²) in [4.78, 5) is 20.2. The Balaban J connectivity index is 1.76. The van der Waals surface area contributed by atoms with Gasteiger partial charge in [-0.3, -0.25) is 4.79 Å². The van der Waals surface area contributed by atoms with Gasteiger partial charge in [0.2, 0.25) is 5.88 Å². The van der Waals surface area contributed by atoms with Gasteiger partial charge in [-0.25, -0.2) is 9.97 Å². The van der Waals surface area contributed by atoms with Crippen LogP contribution in [0.4, 0.5) is 5.69 Å². The van der Waals surface area contributed by atoms with Gasteiger partial charge >= 0.3 is 0 Å². The maximum Gasteiger partial charge on any atom is 0.262 e. The van der Waals surface area contributed by atoms with Gasteiger partial charge in [0.25, 0.3) is 5.91 Å². The van der Waals surface area contributed by atoms with Crippen LogP contribution in [0.25, 0.3) is 10.9 Å². The van der Waals surface area contributed by atoms with Crippen molar-refractivity contribution in [3.8, 4) is 5.88 Å². The second kappa shape index (κ2) is 7.62. The van der Waals surface area contributed by atoms with Crippen LogP contribution in [-0.4, -0.2) is 22.5 Å². The molecule has 0 atom stereocenters. The molecule has 5 nitrogen and oxygen atoms in total. The summed E-state index contributed by atoms with van der Waals surface area (Å²) in [5.41, 5.74) is 0.871. The minimum atomic E-state index is -0.427. The van der Waals surface area contributed by atoms with Crippen molar-refractivity contribution in [3.63, 3.8) is 0 Å². The molecule has 128 valence electrons. The second-order valence-electron chi connectivity index (χ2n) is 4.90. The number of aromatic nitrogens is 2. The highest BCUT2D eigenvalue weighted by Gasteiger charge is 2.13. The molecule has 1 aromatic heterocycles. The van der Waals surface area contributed by atoms with E-state index in [4.69, 9.17) is 51.1 Å². The highest BCUT2D eigenvalue weighted by Crippen LogP contribution is 2.31. The minimum absolute atomic E-state index is 0.196. The third kappa shape index (κ3) is 4.07. The van der Waals surface area contributed by atoms with Crippen molar-refractivity contribution >= 4 is 68.9 Å². The van der Waals surface area contributed by atoms with Crippen molar-refractivity contribution in [3.05, 3.63) is 56.7 Å². The average molecular weight is 417 g/mol. The average Bonchev–Trinajstić information content (AvgIpc) is 2.57. The van der Waals surface area contributed by atoms with Crippen LogP contribution in [0.2, 0.25) is 20.1 Å². The van der Waals surface area contributed by atoms with Crippen LogP contribution >= 0.6 is 46.4 Å². The molecule has 3 rings (SSSR count). The summed E-state index contributed by atoms with van der Waals surface area (Å²) < 4.78 is 5.48. The largest absolute Gasteiger partial charge is 0.467 e. The molecule has 0 aliphatic heterocycles. The first-order valence-electron chi connectivity index (χ1n) is 6.92. The van der Waals surface area contributed by atoms with E-state index in [1.54, 1.807) is 30.3 Å². The predicted octanol–water partition coefficient (Wildman–Crippen LogP) is 5.26. The smallest absolute Gasteiger partial charge is 0.262 e. The van der Waals surface area contributed by atoms with E-state index in [1.807, 2.05) is 0 Å². The number of nitrogens with one attached hydrogen (secondary N) is 1. The standard InChI is InChI=1S/C16H9Cl4N3O2/c17-8-4-9-15(11(19)5-8)21-7-22-16(9)25-6-13(24)23-12-3-1-2-10(18)14(12)20/h1-5,7H,6H2,(H,23,24). The predicted molar refractivity (Wildman–Crippen MR) is 100 cm³/mol. The lowest BCUT2D eigenvalue weighted by Gasteiger charge is -2.10. The molecule has 1 amide bonds. The topological polar surface area (TPSA) is 64.1 Å². The number of ether oxygens (including phenoxy) is 1. The zero-order valence-electron chi connectivity index (χ0n) is 12.4. The lowest BCUT2D eigenvalue weighted by Crippen LogP contribution is -2.20. The zero-order valence-corrected chi connectivity index (χ0v) is 15.4. The molecule has 0 radical (unpaired) electrons. The van der Waals surface area contributed by atoms with E-state index in [-0.39, 0.29) is 17.5 Å². The first kappa shape index (κ1) is 18.0. The van der Waals surface area contributed by atoms with Crippen LogP contribution in [0.15, 0.2) is 36.7 Å². The molecule has 0 aliphatic carbocycles. The highest BCUT2D eigenvalue weighted by atomic mass is 35.5. The van der Waals surface area contributed by atoms with Crippen molar-refractivity contribution in [2.75, 3.05) is 11.9 Å². The lowest BCUT2D eigenvalue weighted by molar-refractivity contribution is -0.118. The van der Waals surface area contributed by atoms with Crippen LogP contribution < -0.4 is 10.1 Å². The molecule has 0 unspecified atom stereocenters. The van der Waals surface area contributed by atoms with Crippen molar-refractivity contribution < 1.29 is 9.53 Å². The van der Waals surface area contributed by atoms with E-state index in [9.17, 15) is 4.79 Å². The van der Waals surface area contributed by atoms with Gasteiger partial charge in [0, 0.05) is 5.02 Å². The fourth-order valence-corrected chi connectivity index (χ4v) is 2.99. The summed E-state index contributed by atoms with van der Waals surface area (Å²) >= 11 is 24.0. The van der Waals surface area contributed by atoms with Crippen molar-refractivity contribution in [2.24, 2.45) is 0 Å². The Morgan fingerprint density at radius 2 is 1.88 bits per heavy atom. The molecule has 2 aromatic carbocycles. The van der Waals surface area contributed by atoms with Crippen LogP contribution in [-0.2, 0) is 4.79 Å². The van der Waals surface area contributed by atoms with Gasteiger partial charge in [0.15, 0.2) is 6.61 Å². The molecule has 3 aromatic rings. The Bertz CT molecular complexity index is 966. The fourth-order valence-electron chi connectivity index (χ4n) is 2.10. The van der Waals surface area contributed by atoms with E-state index < -0.39 is 5.91 Å². The number of carbonyl (C=O) groups is 1. The van der Waals surface area contributed by atoms with Crippen LogP contribution in [0.3, 0.4) is 0 Å². The number of anilines is 1. The second-order valence-corrected chi connectivity index (χ2v) is 6.53. The van der Waals surface area contributed by atoms with Crippen molar-refractivity contribution in [1.29, 1.82) is 0 Å². The number of halogens is 4. The summed E-state index contributed by atoms with van der Waals surface area (Å²) in [5.74, 6) is -0.231. The van der Waals surface area contributed by atoms with E-state index in [0.29, 0.717) is 31.7 Å². The number of benzene rings is 2.